The number of rotatable bonds is 4. The summed E-state index contributed by atoms with van der Waals surface area (Å²) >= 11 is 0. The Morgan fingerprint density at radius 2 is 2.26 bits per heavy atom. The van der Waals surface area contributed by atoms with Crippen LogP contribution in [0.4, 0.5) is 4.79 Å². The maximum absolute atomic E-state index is 11.8. The van der Waals surface area contributed by atoms with Crippen LogP contribution in [-0.4, -0.2) is 11.2 Å². The van der Waals surface area contributed by atoms with E-state index in [-0.39, 0.29) is 12.1 Å². The highest BCUT2D eigenvalue weighted by Crippen LogP contribution is 2.13. The van der Waals surface area contributed by atoms with Crippen molar-refractivity contribution in [2.24, 2.45) is 0 Å². The van der Waals surface area contributed by atoms with Gasteiger partial charge in [-0.2, -0.15) is 0 Å². The number of carbonyl (C=O) groups excluding carboxylic acids is 1. The molecule has 2 N–H and O–H groups in total. The van der Waals surface area contributed by atoms with Crippen LogP contribution in [0, 0.1) is 13.8 Å². The molecule has 0 radical (unpaired) electrons. The van der Waals surface area contributed by atoms with Gasteiger partial charge in [-0.3, -0.25) is 0 Å². The summed E-state index contributed by atoms with van der Waals surface area (Å²) in [5.74, 6) is 1.43. The minimum atomic E-state index is -0.260. The second kappa shape index (κ2) is 5.60. The molecule has 0 fully saturated rings. The molecule has 0 saturated heterocycles. The van der Waals surface area contributed by atoms with Crippen molar-refractivity contribution in [3.63, 3.8) is 0 Å². The molecule has 1 atom stereocenters. The Bertz CT molecular complexity index is 526. The fourth-order valence-corrected chi connectivity index (χ4v) is 1.78. The van der Waals surface area contributed by atoms with Crippen molar-refractivity contribution in [3.05, 3.63) is 41.2 Å². The first-order valence-electron chi connectivity index (χ1n) is 6.07. The summed E-state index contributed by atoms with van der Waals surface area (Å²) in [6.07, 6.45) is 1.58. The Morgan fingerprint density at radius 1 is 1.47 bits per heavy atom. The predicted octanol–water partition coefficient (Wildman–Crippen LogP) is 2.44. The molecule has 2 heterocycles. The summed E-state index contributed by atoms with van der Waals surface area (Å²) in [5, 5.41) is 9.39. The zero-order valence-electron chi connectivity index (χ0n) is 11.2. The molecule has 0 spiro atoms. The Hall–Kier alpha value is -2.24. The van der Waals surface area contributed by atoms with Crippen molar-refractivity contribution >= 4 is 6.03 Å². The second-order valence-corrected chi connectivity index (χ2v) is 4.37. The van der Waals surface area contributed by atoms with E-state index in [1.165, 1.54) is 0 Å². The smallest absolute Gasteiger partial charge is 0.315 e. The average molecular weight is 263 g/mol. The third-order valence-electron chi connectivity index (χ3n) is 2.92. The van der Waals surface area contributed by atoms with Crippen LogP contribution in [0.2, 0.25) is 0 Å². The SMILES string of the molecule is Cc1noc(C)c1CNC(=O)N[C@H](C)c1ccco1. The molecule has 0 saturated carbocycles. The van der Waals surface area contributed by atoms with E-state index in [4.69, 9.17) is 8.94 Å². The second-order valence-electron chi connectivity index (χ2n) is 4.37. The molecule has 102 valence electrons. The number of amides is 2. The van der Waals surface area contributed by atoms with Gasteiger partial charge >= 0.3 is 6.03 Å². The molecule has 2 amide bonds. The third kappa shape index (κ3) is 3.15. The lowest BCUT2D eigenvalue weighted by atomic mass is 10.2. The number of urea groups is 1. The van der Waals surface area contributed by atoms with Crippen LogP contribution in [0.3, 0.4) is 0 Å². The van der Waals surface area contributed by atoms with Gasteiger partial charge in [-0.05, 0) is 32.9 Å². The average Bonchev–Trinajstić information content (AvgIpc) is 2.98. The molecule has 0 aromatic carbocycles. The summed E-state index contributed by atoms with van der Waals surface area (Å²) < 4.78 is 10.2. The third-order valence-corrected chi connectivity index (χ3v) is 2.92. The highest BCUT2D eigenvalue weighted by molar-refractivity contribution is 5.74. The lowest BCUT2D eigenvalue weighted by molar-refractivity contribution is 0.235. The van der Waals surface area contributed by atoms with Gasteiger partial charge < -0.3 is 19.6 Å². The Kier molecular flexibility index (Phi) is 3.89. The molecule has 2 aromatic heterocycles. The molecule has 2 aromatic rings. The number of aryl methyl sites for hydroxylation is 2. The fraction of sp³-hybridized carbons (Fsp3) is 0.385. The van der Waals surface area contributed by atoms with Crippen molar-refractivity contribution in [1.29, 1.82) is 0 Å². The van der Waals surface area contributed by atoms with Crippen LogP contribution in [0.25, 0.3) is 0 Å². The fourth-order valence-electron chi connectivity index (χ4n) is 1.78. The van der Waals surface area contributed by atoms with Crippen molar-refractivity contribution in [1.82, 2.24) is 15.8 Å². The van der Waals surface area contributed by atoms with Crippen LogP contribution in [0.1, 0.15) is 35.7 Å². The molecule has 19 heavy (non-hydrogen) atoms. The molecule has 0 unspecified atom stereocenters. The normalized spacial score (nSPS) is 12.2. The van der Waals surface area contributed by atoms with Crippen LogP contribution in [-0.2, 0) is 6.54 Å². The van der Waals surface area contributed by atoms with Crippen molar-refractivity contribution in [3.8, 4) is 0 Å². The molecule has 0 bridgehead atoms. The number of nitrogens with one attached hydrogen (secondary N) is 2. The molecule has 2 rings (SSSR count). The van der Waals surface area contributed by atoms with E-state index >= 15 is 0 Å². The monoisotopic (exact) mass is 263 g/mol. The van der Waals surface area contributed by atoms with E-state index in [0.29, 0.717) is 12.3 Å². The maximum Gasteiger partial charge on any atom is 0.315 e. The molecule has 0 aliphatic rings. The molecule has 0 aliphatic carbocycles. The van der Waals surface area contributed by atoms with Gasteiger partial charge in [-0.15, -0.1) is 0 Å². The molecule has 6 nitrogen and oxygen atoms in total. The van der Waals surface area contributed by atoms with Gasteiger partial charge in [0.15, 0.2) is 0 Å². The van der Waals surface area contributed by atoms with Crippen LogP contribution in [0.5, 0.6) is 0 Å². The van der Waals surface area contributed by atoms with E-state index in [0.717, 1.165) is 17.0 Å². The van der Waals surface area contributed by atoms with E-state index in [1.54, 1.807) is 12.3 Å². The number of nitrogens with zero attached hydrogens (tertiary/aromatic N) is 1. The molecule has 6 heteroatoms. The summed E-state index contributed by atoms with van der Waals surface area (Å²) in [5.41, 5.74) is 1.69. The van der Waals surface area contributed by atoms with Gasteiger partial charge in [0.1, 0.15) is 11.5 Å². The number of aromatic nitrogens is 1. The largest absolute Gasteiger partial charge is 0.467 e. The first-order valence-corrected chi connectivity index (χ1v) is 6.07. The van der Waals surface area contributed by atoms with Gasteiger partial charge in [-0.1, -0.05) is 5.16 Å². The number of hydrogen-bond donors (Lipinski definition) is 2. The van der Waals surface area contributed by atoms with Crippen LogP contribution < -0.4 is 10.6 Å². The van der Waals surface area contributed by atoms with Crippen molar-refractivity contribution in [2.75, 3.05) is 0 Å². The standard InChI is InChI=1S/C13H17N3O3/c1-8-11(10(3)19-16-8)7-14-13(17)15-9(2)12-5-4-6-18-12/h4-6,9H,7H2,1-3H3,(H2,14,15,17)/t9-/m1/s1. The minimum Gasteiger partial charge on any atom is -0.467 e. The molecular weight excluding hydrogens is 246 g/mol. The lowest BCUT2D eigenvalue weighted by Gasteiger charge is -2.12. The molecular formula is C13H17N3O3. The van der Waals surface area contributed by atoms with E-state index in [2.05, 4.69) is 15.8 Å². The quantitative estimate of drug-likeness (QED) is 0.887. The van der Waals surface area contributed by atoms with Gasteiger partial charge in [0.25, 0.3) is 0 Å². The van der Waals surface area contributed by atoms with Gasteiger partial charge in [-0.25, -0.2) is 4.79 Å². The lowest BCUT2D eigenvalue weighted by Crippen LogP contribution is -2.36. The van der Waals surface area contributed by atoms with Crippen molar-refractivity contribution < 1.29 is 13.7 Å². The Morgan fingerprint density at radius 3 is 2.84 bits per heavy atom. The first-order chi connectivity index (χ1) is 9.08. The van der Waals surface area contributed by atoms with Gasteiger partial charge in [0, 0.05) is 12.1 Å². The molecule has 0 aliphatic heterocycles. The zero-order chi connectivity index (χ0) is 13.8. The zero-order valence-corrected chi connectivity index (χ0v) is 11.2. The van der Waals surface area contributed by atoms with E-state index in [9.17, 15) is 4.79 Å². The van der Waals surface area contributed by atoms with E-state index < -0.39 is 0 Å². The highest BCUT2D eigenvalue weighted by atomic mass is 16.5. The van der Waals surface area contributed by atoms with Gasteiger partial charge in [0.05, 0.1) is 18.0 Å². The Balaban J connectivity index is 1.85. The summed E-state index contributed by atoms with van der Waals surface area (Å²) in [6.45, 7) is 5.91. The minimum absolute atomic E-state index is 0.181. The highest BCUT2D eigenvalue weighted by Gasteiger charge is 2.13. The maximum atomic E-state index is 11.8. The van der Waals surface area contributed by atoms with Crippen LogP contribution >= 0.6 is 0 Å². The summed E-state index contributed by atoms with van der Waals surface area (Å²) in [4.78, 5) is 11.8. The number of hydrogen-bond acceptors (Lipinski definition) is 4. The topological polar surface area (TPSA) is 80.3 Å². The predicted molar refractivity (Wildman–Crippen MR) is 68.5 cm³/mol. The number of carbonyl (C=O) groups is 1. The Labute approximate surface area is 111 Å². The van der Waals surface area contributed by atoms with Crippen LogP contribution in [0.15, 0.2) is 27.3 Å². The summed E-state index contributed by atoms with van der Waals surface area (Å²) in [6, 6.07) is 3.16. The summed E-state index contributed by atoms with van der Waals surface area (Å²) in [7, 11) is 0. The van der Waals surface area contributed by atoms with E-state index in [1.807, 2.05) is 26.8 Å². The van der Waals surface area contributed by atoms with Gasteiger partial charge in [0.2, 0.25) is 0 Å². The number of furan rings is 1. The van der Waals surface area contributed by atoms with Crippen molar-refractivity contribution in [2.45, 2.75) is 33.4 Å². The first kappa shape index (κ1) is 13.2.